The fourth-order valence-corrected chi connectivity index (χ4v) is 3.25. The molecule has 0 radical (unpaired) electrons. The van der Waals surface area contributed by atoms with E-state index in [1.54, 1.807) is 29.3 Å². The normalized spacial score (nSPS) is 10.6. The number of aromatic nitrogens is 3. The van der Waals surface area contributed by atoms with Crippen molar-refractivity contribution < 1.29 is 4.79 Å². The number of nitrogens with one attached hydrogen (secondary N) is 1. The Morgan fingerprint density at radius 2 is 2.23 bits per heavy atom. The molecule has 1 N–H and O–H groups in total. The molecular weight excluding hydrogens is 296 g/mol. The van der Waals surface area contributed by atoms with E-state index < -0.39 is 0 Å². The molecule has 0 atom stereocenters. The van der Waals surface area contributed by atoms with Crippen molar-refractivity contribution in [2.24, 2.45) is 0 Å². The van der Waals surface area contributed by atoms with Crippen LogP contribution in [0, 0.1) is 6.92 Å². The Bertz CT molecular complexity index is 792. The van der Waals surface area contributed by atoms with Crippen LogP contribution in [0.2, 0.25) is 0 Å². The molecule has 1 amide bonds. The summed E-state index contributed by atoms with van der Waals surface area (Å²) in [5.41, 5.74) is 1.80. The predicted octanol–water partition coefficient (Wildman–Crippen LogP) is 3.45. The summed E-state index contributed by atoms with van der Waals surface area (Å²) in [5.74, 6) is 0.485. The van der Waals surface area contributed by atoms with Gasteiger partial charge in [-0.05, 0) is 43.2 Å². The van der Waals surface area contributed by atoms with Crippen LogP contribution in [0.5, 0.6) is 0 Å². The number of thiophene rings is 1. The number of pyridine rings is 1. The Kier molecular flexibility index (Phi) is 4.02. The summed E-state index contributed by atoms with van der Waals surface area (Å²) in [6, 6.07) is 7.36. The summed E-state index contributed by atoms with van der Waals surface area (Å²) in [5, 5.41) is 7.09. The third-order valence-electron chi connectivity index (χ3n) is 3.32. The summed E-state index contributed by atoms with van der Waals surface area (Å²) in [6.07, 6.45) is 6.09. The maximum atomic E-state index is 12.5. The van der Waals surface area contributed by atoms with E-state index in [0.29, 0.717) is 16.4 Å². The first-order chi connectivity index (χ1) is 10.7. The van der Waals surface area contributed by atoms with Gasteiger partial charge in [0, 0.05) is 23.5 Å². The summed E-state index contributed by atoms with van der Waals surface area (Å²) < 4.78 is 1.63. The lowest BCUT2D eigenvalue weighted by Gasteiger charge is -2.09. The zero-order chi connectivity index (χ0) is 15.5. The number of amides is 1. The number of hydrogen-bond acceptors (Lipinski definition) is 4. The molecule has 0 spiro atoms. The van der Waals surface area contributed by atoms with Gasteiger partial charge in [-0.15, -0.1) is 11.3 Å². The highest BCUT2D eigenvalue weighted by atomic mass is 32.1. The molecule has 0 saturated heterocycles. The molecule has 5 nitrogen and oxygen atoms in total. The van der Waals surface area contributed by atoms with E-state index in [-0.39, 0.29) is 5.91 Å². The minimum atomic E-state index is -0.116. The molecule has 3 heterocycles. The molecule has 6 heteroatoms. The van der Waals surface area contributed by atoms with Crippen LogP contribution in [0.15, 0.2) is 42.9 Å². The predicted molar refractivity (Wildman–Crippen MR) is 87.7 cm³/mol. The van der Waals surface area contributed by atoms with Gasteiger partial charge in [0.1, 0.15) is 0 Å². The SMILES string of the molecule is CCc1sc(C(=O)Nc2cccnc2-n2cccn2)cc1C. The number of carbonyl (C=O) groups is 1. The average Bonchev–Trinajstić information content (AvgIpc) is 3.17. The van der Waals surface area contributed by atoms with Gasteiger partial charge in [0.15, 0.2) is 5.82 Å². The first kappa shape index (κ1) is 14.5. The lowest BCUT2D eigenvalue weighted by Crippen LogP contribution is -2.13. The monoisotopic (exact) mass is 312 g/mol. The van der Waals surface area contributed by atoms with Crippen molar-refractivity contribution in [1.29, 1.82) is 0 Å². The van der Waals surface area contributed by atoms with E-state index in [0.717, 1.165) is 12.0 Å². The van der Waals surface area contributed by atoms with E-state index in [2.05, 4.69) is 22.3 Å². The fraction of sp³-hybridized carbons (Fsp3) is 0.188. The summed E-state index contributed by atoms with van der Waals surface area (Å²) in [4.78, 5) is 18.7. The van der Waals surface area contributed by atoms with Crippen molar-refractivity contribution in [3.63, 3.8) is 0 Å². The molecule has 3 aromatic rings. The van der Waals surface area contributed by atoms with Crippen molar-refractivity contribution in [2.75, 3.05) is 5.32 Å². The maximum absolute atomic E-state index is 12.5. The first-order valence-electron chi connectivity index (χ1n) is 7.04. The van der Waals surface area contributed by atoms with Crippen LogP contribution in [-0.4, -0.2) is 20.7 Å². The molecule has 0 fully saturated rings. The van der Waals surface area contributed by atoms with Crippen LogP contribution in [-0.2, 0) is 6.42 Å². The molecule has 3 rings (SSSR count). The van der Waals surface area contributed by atoms with E-state index in [1.807, 2.05) is 25.1 Å². The number of anilines is 1. The third-order valence-corrected chi connectivity index (χ3v) is 4.70. The van der Waals surface area contributed by atoms with Gasteiger partial charge in [0.05, 0.1) is 10.6 Å². The van der Waals surface area contributed by atoms with Crippen LogP contribution >= 0.6 is 11.3 Å². The molecule has 0 aliphatic heterocycles. The lowest BCUT2D eigenvalue weighted by atomic mass is 10.2. The number of carbonyl (C=O) groups excluding carboxylic acids is 1. The molecule has 0 bridgehead atoms. The molecular formula is C16H16N4OS. The van der Waals surface area contributed by atoms with Crippen LogP contribution in [0.3, 0.4) is 0 Å². The van der Waals surface area contributed by atoms with Crippen molar-refractivity contribution in [2.45, 2.75) is 20.3 Å². The van der Waals surface area contributed by atoms with Crippen molar-refractivity contribution in [3.05, 3.63) is 58.2 Å². The van der Waals surface area contributed by atoms with E-state index in [9.17, 15) is 4.79 Å². The minimum Gasteiger partial charge on any atom is -0.318 e. The van der Waals surface area contributed by atoms with Gasteiger partial charge in [0.2, 0.25) is 0 Å². The highest BCUT2D eigenvalue weighted by molar-refractivity contribution is 7.14. The Morgan fingerprint density at radius 3 is 2.91 bits per heavy atom. The van der Waals surface area contributed by atoms with Crippen molar-refractivity contribution in [1.82, 2.24) is 14.8 Å². The Hall–Kier alpha value is -2.47. The Labute approximate surface area is 132 Å². The standard InChI is InChI=1S/C16H16N4OS/c1-3-13-11(2)10-14(22-13)16(21)19-12-6-4-7-17-15(12)20-9-5-8-18-20/h4-10H,3H2,1-2H3,(H,19,21). The van der Waals surface area contributed by atoms with Crippen LogP contribution in [0.4, 0.5) is 5.69 Å². The van der Waals surface area contributed by atoms with Crippen molar-refractivity contribution in [3.8, 4) is 5.82 Å². The van der Waals surface area contributed by atoms with E-state index in [1.165, 1.54) is 16.2 Å². The molecule has 0 aliphatic carbocycles. The third kappa shape index (κ3) is 2.78. The summed E-state index contributed by atoms with van der Waals surface area (Å²) in [6.45, 7) is 4.13. The zero-order valence-corrected chi connectivity index (χ0v) is 13.2. The second-order valence-corrected chi connectivity index (χ2v) is 5.99. The number of hydrogen-bond donors (Lipinski definition) is 1. The van der Waals surface area contributed by atoms with Gasteiger partial charge >= 0.3 is 0 Å². The topological polar surface area (TPSA) is 59.8 Å². The maximum Gasteiger partial charge on any atom is 0.265 e. The van der Waals surface area contributed by atoms with E-state index in [4.69, 9.17) is 0 Å². The first-order valence-corrected chi connectivity index (χ1v) is 7.86. The molecule has 3 aromatic heterocycles. The second kappa shape index (κ2) is 6.11. The van der Waals surface area contributed by atoms with Gasteiger partial charge in [-0.1, -0.05) is 6.92 Å². The zero-order valence-electron chi connectivity index (χ0n) is 12.4. The lowest BCUT2D eigenvalue weighted by molar-refractivity contribution is 0.103. The van der Waals surface area contributed by atoms with Gasteiger partial charge in [0.25, 0.3) is 5.91 Å². The molecule has 0 unspecified atom stereocenters. The van der Waals surface area contributed by atoms with Crippen LogP contribution in [0.25, 0.3) is 5.82 Å². The minimum absolute atomic E-state index is 0.116. The molecule has 0 aromatic carbocycles. The van der Waals surface area contributed by atoms with Crippen LogP contribution < -0.4 is 5.32 Å². The molecule has 0 saturated carbocycles. The number of nitrogens with zero attached hydrogens (tertiary/aromatic N) is 3. The average molecular weight is 312 g/mol. The quantitative estimate of drug-likeness (QED) is 0.802. The van der Waals surface area contributed by atoms with Gasteiger partial charge in [-0.2, -0.15) is 5.10 Å². The molecule has 112 valence electrons. The number of aryl methyl sites for hydroxylation is 2. The van der Waals surface area contributed by atoms with Gasteiger partial charge in [-0.3, -0.25) is 4.79 Å². The highest BCUT2D eigenvalue weighted by Crippen LogP contribution is 2.24. The smallest absolute Gasteiger partial charge is 0.265 e. The highest BCUT2D eigenvalue weighted by Gasteiger charge is 2.14. The molecule has 22 heavy (non-hydrogen) atoms. The fourth-order valence-electron chi connectivity index (χ4n) is 2.24. The Morgan fingerprint density at radius 1 is 1.36 bits per heavy atom. The van der Waals surface area contributed by atoms with Crippen LogP contribution in [0.1, 0.15) is 27.0 Å². The van der Waals surface area contributed by atoms with Gasteiger partial charge in [-0.25, -0.2) is 9.67 Å². The van der Waals surface area contributed by atoms with E-state index >= 15 is 0 Å². The Balaban J connectivity index is 1.88. The molecule has 0 aliphatic rings. The largest absolute Gasteiger partial charge is 0.318 e. The summed E-state index contributed by atoms with van der Waals surface area (Å²) in [7, 11) is 0. The van der Waals surface area contributed by atoms with Crippen molar-refractivity contribution >= 4 is 22.9 Å². The van der Waals surface area contributed by atoms with Gasteiger partial charge < -0.3 is 5.32 Å². The number of rotatable bonds is 4. The second-order valence-electron chi connectivity index (χ2n) is 4.85. The summed E-state index contributed by atoms with van der Waals surface area (Å²) >= 11 is 1.54.